The molecule has 0 bridgehead atoms. The second kappa shape index (κ2) is 7.61. The summed E-state index contributed by atoms with van der Waals surface area (Å²) in [6.45, 7) is 1.55. The molecule has 2 N–H and O–H groups in total. The zero-order chi connectivity index (χ0) is 18.7. The SMILES string of the molecule is Cc1occc1C(=O)Nc1cc(NC(=O)CN2CSCC2=O)ccc1F. The van der Waals surface area contributed by atoms with Crippen LogP contribution in [0.2, 0.25) is 0 Å². The van der Waals surface area contributed by atoms with Crippen molar-refractivity contribution < 1.29 is 23.2 Å². The lowest BCUT2D eigenvalue weighted by molar-refractivity contribution is -0.130. The number of carbonyl (C=O) groups is 3. The third-order valence-corrected chi connectivity index (χ3v) is 4.71. The Bertz CT molecular complexity index is 867. The fourth-order valence-electron chi connectivity index (χ4n) is 2.42. The van der Waals surface area contributed by atoms with Crippen LogP contribution >= 0.6 is 11.8 Å². The maximum Gasteiger partial charge on any atom is 0.259 e. The highest BCUT2D eigenvalue weighted by atomic mass is 32.2. The highest BCUT2D eigenvalue weighted by molar-refractivity contribution is 8.00. The van der Waals surface area contributed by atoms with Crippen LogP contribution in [0.15, 0.2) is 34.9 Å². The number of amides is 3. The van der Waals surface area contributed by atoms with E-state index in [9.17, 15) is 18.8 Å². The molecule has 0 saturated carbocycles. The number of rotatable bonds is 5. The maximum absolute atomic E-state index is 14.0. The summed E-state index contributed by atoms with van der Waals surface area (Å²) in [6, 6.07) is 5.33. The lowest BCUT2D eigenvalue weighted by Gasteiger charge is -2.15. The fraction of sp³-hybridized carbons (Fsp3) is 0.235. The van der Waals surface area contributed by atoms with Gasteiger partial charge in [0.2, 0.25) is 11.8 Å². The summed E-state index contributed by atoms with van der Waals surface area (Å²) in [5, 5.41) is 5.05. The predicted octanol–water partition coefficient (Wildman–Crippen LogP) is 2.45. The zero-order valence-corrected chi connectivity index (χ0v) is 14.7. The van der Waals surface area contributed by atoms with Gasteiger partial charge < -0.3 is 20.0 Å². The van der Waals surface area contributed by atoms with Crippen LogP contribution < -0.4 is 10.6 Å². The molecular weight excluding hydrogens is 361 g/mol. The molecule has 9 heteroatoms. The normalized spacial score (nSPS) is 13.8. The molecule has 136 valence electrons. The molecule has 3 rings (SSSR count). The van der Waals surface area contributed by atoms with Crippen LogP contribution in [0, 0.1) is 12.7 Å². The van der Waals surface area contributed by atoms with Crippen molar-refractivity contribution in [3.8, 4) is 0 Å². The minimum atomic E-state index is -0.636. The second-order valence-corrected chi connectivity index (χ2v) is 6.61. The number of furan rings is 1. The minimum Gasteiger partial charge on any atom is -0.469 e. The molecular formula is C17H16FN3O4S. The van der Waals surface area contributed by atoms with Gasteiger partial charge >= 0.3 is 0 Å². The third kappa shape index (κ3) is 4.05. The van der Waals surface area contributed by atoms with Gasteiger partial charge in [-0.15, -0.1) is 11.8 Å². The smallest absolute Gasteiger partial charge is 0.259 e. The molecule has 3 amide bonds. The molecule has 1 saturated heterocycles. The van der Waals surface area contributed by atoms with E-state index in [2.05, 4.69) is 10.6 Å². The van der Waals surface area contributed by atoms with E-state index in [0.29, 0.717) is 28.6 Å². The molecule has 1 aromatic carbocycles. The molecule has 1 fully saturated rings. The van der Waals surface area contributed by atoms with Crippen molar-refractivity contribution in [1.29, 1.82) is 0 Å². The molecule has 0 unspecified atom stereocenters. The number of nitrogens with one attached hydrogen (secondary N) is 2. The van der Waals surface area contributed by atoms with E-state index in [1.807, 2.05) is 0 Å². The summed E-state index contributed by atoms with van der Waals surface area (Å²) < 4.78 is 19.0. The average molecular weight is 377 g/mol. The van der Waals surface area contributed by atoms with Gasteiger partial charge in [0.15, 0.2) is 0 Å². The number of anilines is 2. The number of nitrogens with zero attached hydrogens (tertiary/aromatic N) is 1. The number of benzene rings is 1. The van der Waals surface area contributed by atoms with Gasteiger partial charge in [-0.25, -0.2) is 4.39 Å². The summed E-state index contributed by atoms with van der Waals surface area (Å²) >= 11 is 1.44. The highest BCUT2D eigenvalue weighted by Gasteiger charge is 2.23. The number of carbonyl (C=O) groups excluding carboxylic acids is 3. The Labute approximate surface area is 152 Å². The molecule has 1 aliphatic rings. The lowest BCUT2D eigenvalue weighted by Crippen LogP contribution is -2.34. The molecule has 7 nitrogen and oxygen atoms in total. The summed E-state index contributed by atoms with van der Waals surface area (Å²) in [6.07, 6.45) is 1.37. The van der Waals surface area contributed by atoms with E-state index in [4.69, 9.17) is 4.42 Å². The van der Waals surface area contributed by atoms with Crippen molar-refractivity contribution in [3.05, 3.63) is 47.7 Å². The second-order valence-electron chi connectivity index (χ2n) is 5.66. The first-order valence-corrected chi connectivity index (χ1v) is 8.90. The van der Waals surface area contributed by atoms with Crippen LogP contribution in [0.3, 0.4) is 0 Å². The highest BCUT2D eigenvalue weighted by Crippen LogP contribution is 2.22. The monoisotopic (exact) mass is 377 g/mol. The van der Waals surface area contributed by atoms with Crippen LogP contribution in [0.25, 0.3) is 0 Å². The van der Waals surface area contributed by atoms with Crippen LogP contribution in [-0.2, 0) is 9.59 Å². The van der Waals surface area contributed by atoms with Crippen molar-refractivity contribution in [2.75, 3.05) is 28.8 Å². The van der Waals surface area contributed by atoms with Gasteiger partial charge in [0, 0.05) is 5.69 Å². The summed E-state index contributed by atoms with van der Waals surface area (Å²) in [4.78, 5) is 37.2. The Kier molecular flexibility index (Phi) is 5.27. The van der Waals surface area contributed by atoms with Gasteiger partial charge in [0.1, 0.15) is 18.1 Å². The average Bonchev–Trinajstić information content (AvgIpc) is 3.19. The van der Waals surface area contributed by atoms with Crippen molar-refractivity contribution in [2.24, 2.45) is 0 Å². The zero-order valence-electron chi connectivity index (χ0n) is 13.9. The topological polar surface area (TPSA) is 91.7 Å². The van der Waals surface area contributed by atoms with Gasteiger partial charge in [-0.3, -0.25) is 14.4 Å². The van der Waals surface area contributed by atoms with Gasteiger partial charge in [-0.05, 0) is 31.2 Å². The molecule has 0 aliphatic carbocycles. The molecule has 0 atom stereocenters. The first-order chi connectivity index (χ1) is 12.4. The Balaban J connectivity index is 1.67. The molecule has 2 heterocycles. The number of hydrogen-bond donors (Lipinski definition) is 2. The summed E-state index contributed by atoms with van der Waals surface area (Å²) in [5.41, 5.74) is 0.542. The van der Waals surface area contributed by atoms with Crippen molar-refractivity contribution in [1.82, 2.24) is 4.90 Å². The lowest BCUT2D eigenvalue weighted by atomic mass is 10.2. The number of thioether (sulfide) groups is 1. The number of halogens is 1. The number of hydrogen-bond acceptors (Lipinski definition) is 5. The van der Waals surface area contributed by atoms with Gasteiger partial charge in [-0.1, -0.05) is 0 Å². The molecule has 1 aliphatic heterocycles. The van der Waals surface area contributed by atoms with E-state index >= 15 is 0 Å². The maximum atomic E-state index is 14.0. The Morgan fingerprint density at radius 1 is 1.31 bits per heavy atom. The minimum absolute atomic E-state index is 0.0683. The Morgan fingerprint density at radius 2 is 2.12 bits per heavy atom. The van der Waals surface area contributed by atoms with Crippen LogP contribution in [0.4, 0.5) is 15.8 Å². The van der Waals surface area contributed by atoms with Crippen molar-refractivity contribution >= 4 is 40.9 Å². The molecule has 26 heavy (non-hydrogen) atoms. The van der Waals surface area contributed by atoms with Gasteiger partial charge in [-0.2, -0.15) is 0 Å². The van der Waals surface area contributed by atoms with Crippen molar-refractivity contribution in [3.63, 3.8) is 0 Å². The Morgan fingerprint density at radius 3 is 2.77 bits per heavy atom. The Hall–Kier alpha value is -2.81. The van der Waals surface area contributed by atoms with E-state index < -0.39 is 17.6 Å². The van der Waals surface area contributed by atoms with Crippen LogP contribution in [0.1, 0.15) is 16.1 Å². The number of aryl methyl sites for hydroxylation is 1. The van der Waals surface area contributed by atoms with Gasteiger partial charge in [0.25, 0.3) is 5.91 Å². The van der Waals surface area contributed by atoms with E-state index in [1.54, 1.807) is 6.92 Å². The standard InChI is InChI=1S/C17H16FN3O4S/c1-10-12(4-5-25-10)17(24)20-14-6-11(2-3-13(14)18)19-15(22)7-21-9-26-8-16(21)23/h2-6H,7-9H2,1H3,(H,19,22)(H,20,24). The fourth-order valence-corrected chi connectivity index (χ4v) is 3.33. The van der Waals surface area contributed by atoms with Crippen molar-refractivity contribution in [2.45, 2.75) is 6.92 Å². The predicted molar refractivity (Wildman–Crippen MR) is 95.5 cm³/mol. The largest absolute Gasteiger partial charge is 0.469 e. The van der Waals surface area contributed by atoms with Crippen LogP contribution in [-0.4, -0.2) is 40.8 Å². The summed E-state index contributed by atoms with van der Waals surface area (Å²) in [7, 11) is 0. The molecule has 0 radical (unpaired) electrons. The quantitative estimate of drug-likeness (QED) is 0.835. The van der Waals surface area contributed by atoms with E-state index in [1.165, 1.54) is 41.1 Å². The molecule has 2 aromatic rings. The van der Waals surface area contributed by atoms with Crippen LogP contribution in [0.5, 0.6) is 0 Å². The molecule has 0 spiro atoms. The van der Waals surface area contributed by atoms with Gasteiger partial charge in [0.05, 0.1) is 29.1 Å². The van der Waals surface area contributed by atoms with E-state index in [0.717, 1.165) is 6.07 Å². The first kappa shape index (κ1) is 18.0. The third-order valence-electron chi connectivity index (χ3n) is 3.76. The molecule has 1 aromatic heterocycles. The van der Waals surface area contributed by atoms with E-state index in [-0.39, 0.29) is 18.1 Å². The summed E-state index contributed by atoms with van der Waals surface area (Å²) in [5.74, 6) is -0.375. The first-order valence-electron chi connectivity index (χ1n) is 7.74.